The minimum absolute atomic E-state index is 0.0453. The SMILES string of the molecule is Clc1ccc(Cn2cc([C@@H]3OCCS3)nn2)cc1. The fourth-order valence-corrected chi connectivity index (χ4v) is 2.81. The zero-order valence-corrected chi connectivity index (χ0v) is 11.2. The van der Waals surface area contributed by atoms with Crippen LogP contribution < -0.4 is 0 Å². The van der Waals surface area contributed by atoms with Gasteiger partial charge in [0.15, 0.2) is 0 Å². The van der Waals surface area contributed by atoms with Crippen molar-refractivity contribution in [1.82, 2.24) is 15.0 Å². The zero-order valence-electron chi connectivity index (χ0n) is 9.62. The molecule has 0 saturated carbocycles. The molecule has 18 heavy (non-hydrogen) atoms. The number of hydrogen-bond acceptors (Lipinski definition) is 4. The van der Waals surface area contributed by atoms with Crippen molar-refractivity contribution in [3.05, 3.63) is 46.7 Å². The van der Waals surface area contributed by atoms with E-state index in [1.165, 1.54) is 0 Å². The van der Waals surface area contributed by atoms with Crippen molar-refractivity contribution in [1.29, 1.82) is 0 Å². The first-order chi connectivity index (χ1) is 8.81. The Morgan fingerprint density at radius 3 is 2.94 bits per heavy atom. The summed E-state index contributed by atoms with van der Waals surface area (Å²) < 4.78 is 7.37. The lowest BCUT2D eigenvalue weighted by molar-refractivity contribution is 0.142. The van der Waals surface area contributed by atoms with Gasteiger partial charge in [-0.3, -0.25) is 0 Å². The maximum Gasteiger partial charge on any atom is 0.148 e. The van der Waals surface area contributed by atoms with Crippen LogP contribution in [0.4, 0.5) is 0 Å². The van der Waals surface area contributed by atoms with E-state index in [0.717, 1.165) is 28.6 Å². The van der Waals surface area contributed by atoms with Crippen LogP contribution in [0.2, 0.25) is 5.02 Å². The van der Waals surface area contributed by atoms with Crippen molar-refractivity contribution in [3.8, 4) is 0 Å². The topological polar surface area (TPSA) is 39.9 Å². The minimum Gasteiger partial charge on any atom is -0.360 e. The van der Waals surface area contributed by atoms with E-state index in [1.807, 2.05) is 35.1 Å². The Balaban J connectivity index is 1.71. The van der Waals surface area contributed by atoms with Crippen LogP contribution in [0.3, 0.4) is 0 Å². The Bertz CT molecular complexity index is 522. The molecule has 1 aliphatic rings. The third kappa shape index (κ3) is 2.68. The van der Waals surface area contributed by atoms with Crippen LogP contribution in [-0.2, 0) is 11.3 Å². The van der Waals surface area contributed by atoms with E-state index in [0.29, 0.717) is 6.54 Å². The van der Waals surface area contributed by atoms with Crippen LogP contribution in [0.5, 0.6) is 0 Å². The monoisotopic (exact) mass is 281 g/mol. The van der Waals surface area contributed by atoms with Crippen LogP contribution in [-0.4, -0.2) is 27.4 Å². The molecule has 0 spiro atoms. The van der Waals surface area contributed by atoms with Gasteiger partial charge >= 0.3 is 0 Å². The van der Waals surface area contributed by atoms with Crippen molar-refractivity contribution < 1.29 is 4.74 Å². The molecule has 6 heteroatoms. The van der Waals surface area contributed by atoms with E-state index in [1.54, 1.807) is 11.8 Å². The smallest absolute Gasteiger partial charge is 0.148 e. The van der Waals surface area contributed by atoms with Crippen LogP contribution >= 0.6 is 23.4 Å². The summed E-state index contributed by atoms with van der Waals surface area (Å²) in [6.45, 7) is 1.49. The highest BCUT2D eigenvalue weighted by molar-refractivity contribution is 7.99. The number of halogens is 1. The van der Waals surface area contributed by atoms with Crippen molar-refractivity contribution in [3.63, 3.8) is 0 Å². The first-order valence-electron chi connectivity index (χ1n) is 5.69. The number of benzene rings is 1. The van der Waals surface area contributed by atoms with Crippen LogP contribution in [0.25, 0.3) is 0 Å². The highest BCUT2D eigenvalue weighted by Crippen LogP contribution is 2.33. The third-order valence-corrected chi connectivity index (χ3v) is 4.01. The van der Waals surface area contributed by atoms with Gasteiger partial charge in [-0.15, -0.1) is 16.9 Å². The molecule has 1 aliphatic heterocycles. The molecule has 0 bridgehead atoms. The molecule has 4 nitrogen and oxygen atoms in total. The molecule has 2 aromatic rings. The van der Waals surface area contributed by atoms with Gasteiger partial charge in [-0.25, -0.2) is 4.68 Å². The lowest BCUT2D eigenvalue weighted by Gasteiger charge is -2.03. The van der Waals surface area contributed by atoms with Crippen molar-refractivity contribution in [2.45, 2.75) is 12.0 Å². The van der Waals surface area contributed by atoms with Gasteiger partial charge in [0, 0.05) is 10.8 Å². The van der Waals surface area contributed by atoms with Gasteiger partial charge < -0.3 is 4.74 Å². The maximum atomic E-state index is 5.85. The van der Waals surface area contributed by atoms with E-state index < -0.39 is 0 Å². The lowest BCUT2D eigenvalue weighted by atomic mass is 10.2. The number of rotatable bonds is 3. The summed E-state index contributed by atoms with van der Waals surface area (Å²) >= 11 is 7.61. The molecular formula is C12H12ClN3OS. The molecule has 0 N–H and O–H groups in total. The normalized spacial score (nSPS) is 19.3. The molecule has 1 aromatic heterocycles. The molecule has 3 rings (SSSR count). The minimum atomic E-state index is 0.0453. The van der Waals surface area contributed by atoms with E-state index in [2.05, 4.69) is 10.3 Å². The largest absolute Gasteiger partial charge is 0.360 e. The molecule has 94 valence electrons. The van der Waals surface area contributed by atoms with Gasteiger partial charge in [0.1, 0.15) is 11.1 Å². The maximum absolute atomic E-state index is 5.85. The number of thioether (sulfide) groups is 1. The van der Waals surface area contributed by atoms with Crippen molar-refractivity contribution in [2.75, 3.05) is 12.4 Å². The summed E-state index contributed by atoms with van der Waals surface area (Å²) in [6.07, 6.45) is 1.94. The predicted octanol–water partition coefficient (Wildman–Crippen LogP) is 2.74. The average molecular weight is 282 g/mol. The lowest BCUT2D eigenvalue weighted by Crippen LogP contribution is -2.00. The fourth-order valence-electron chi connectivity index (χ4n) is 1.80. The molecular weight excluding hydrogens is 270 g/mol. The molecule has 1 fully saturated rings. The zero-order chi connectivity index (χ0) is 12.4. The summed E-state index contributed by atoms with van der Waals surface area (Å²) in [5.41, 5.74) is 2.09. The molecule has 1 aromatic carbocycles. The second-order valence-corrected chi connectivity index (χ2v) is 5.65. The average Bonchev–Trinajstić information content (AvgIpc) is 3.02. The summed E-state index contributed by atoms with van der Waals surface area (Å²) in [7, 11) is 0. The molecule has 0 unspecified atom stereocenters. The van der Waals surface area contributed by atoms with Gasteiger partial charge in [0.2, 0.25) is 0 Å². The number of aromatic nitrogens is 3. The Labute approximate surface area is 114 Å². The highest BCUT2D eigenvalue weighted by Gasteiger charge is 2.21. The summed E-state index contributed by atoms with van der Waals surface area (Å²) in [4.78, 5) is 0. The van der Waals surface area contributed by atoms with Gasteiger partial charge in [-0.1, -0.05) is 28.9 Å². The summed E-state index contributed by atoms with van der Waals surface area (Å²) in [6, 6.07) is 7.74. The Morgan fingerprint density at radius 2 is 2.22 bits per heavy atom. The van der Waals surface area contributed by atoms with E-state index in [-0.39, 0.29) is 5.44 Å². The standard InChI is InChI=1S/C12H12ClN3OS/c13-10-3-1-9(2-4-10)7-16-8-11(14-15-16)12-17-5-6-18-12/h1-4,8,12H,5-7H2/t12-/m1/s1. The quantitative estimate of drug-likeness (QED) is 0.867. The second kappa shape index (κ2) is 5.30. The molecule has 1 saturated heterocycles. The number of nitrogens with zero attached hydrogens (tertiary/aromatic N) is 3. The van der Waals surface area contributed by atoms with Crippen LogP contribution in [0, 0.1) is 0 Å². The van der Waals surface area contributed by atoms with Crippen molar-refractivity contribution in [2.24, 2.45) is 0 Å². The first kappa shape index (κ1) is 12.0. The van der Waals surface area contributed by atoms with Gasteiger partial charge in [0.05, 0.1) is 19.3 Å². The summed E-state index contributed by atoms with van der Waals surface area (Å²) in [5, 5.41) is 9.02. The molecule has 0 aliphatic carbocycles. The first-order valence-corrected chi connectivity index (χ1v) is 7.11. The van der Waals surface area contributed by atoms with Crippen LogP contribution in [0.1, 0.15) is 16.7 Å². The van der Waals surface area contributed by atoms with Gasteiger partial charge in [0.25, 0.3) is 0 Å². The molecule has 2 heterocycles. The Kier molecular flexibility index (Phi) is 3.54. The molecule has 1 atom stereocenters. The van der Waals surface area contributed by atoms with E-state index in [4.69, 9.17) is 16.3 Å². The van der Waals surface area contributed by atoms with Crippen molar-refractivity contribution >= 4 is 23.4 Å². The van der Waals surface area contributed by atoms with Gasteiger partial charge in [-0.05, 0) is 17.7 Å². The molecule has 0 amide bonds. The van der Waals surface area contributed by atoms with Crippen LogP contribution in [0.15, 0.2) is 30.5 Å². The second-order valence-electron chi connectivity index (χ2n) is 4.04. The third-order valence-electron chi connectivity index (χ3n) is 2.68. The fraction of sp³-hybridized carbons (Fsp3) is 0.333. The van der Waals surface area contributed by atoms with Gasteiger partial charge in [-0.2, -0.15) is 0 Å². The van der Waals surface area contributed by atoms with E-state index in [9.17, 15) is 0 Å². The van der Waals surface area contributed by atoms with E-state index >= 15 is 0 Å². The number of hydrogen-bond donors (Lipinski definition) is 0. The predicted molar refractivity (Wildman–Crippen MR) is 71.7 cm³/mol. The number of ether oxygens (including phenoxy) is 1. The highest BCUT2D eigenvalue weighted by atomic mass is 35.5. The Hall–Kier alpha value is -1.04. The summed E-state index contributed by atoms with van der Waals surface area (Å²) in [5.74, 6) is 1.02. The Morgan fingerprint density at radius 1 is 1.39 bits per heavy atom. The molecule has 0 radical (unpaired) electrons.